The average Bonchev–Trinajstić information content (AvgIpc) is 2.44. The highest BCUT2D eigenvalue weighted by atomic mass is 32.2. The van der Waals surface area contributed by atoms with Crippen molar-refractivity contribution in [3.8, 4) is 0 Å². The molecule has 1 aromatic rings. The largest absolute Gasteiger partial charge is 0.452 e. The van der Waals surface area contributed by atoms with E-state index in [9.17, 15) is 22.8 Å². The van der Waals surface area contributed by atoms with Crippen LogP contribution in [0.1, 0.15) is 17.3 Å². The van der Waals surface area contributed by atoms with E-state index in [0.717, 1.165) is 6.26 Å². The van der Waals surface area contributed by atoms with Gasteiger partial charge in [-0.25, -0.2) is 18.0 Å². The lowest BCUT2D eigenvalue weighted by Gasteiger charge is -2.08. The summed E-state index contributed by atoms with van der Waals surface area (Å²) in [4.78, 5) is 34.0. The van der Waals surface area contributed by atoms with E-state index in [1.807, 2.05) is 5.32 Å². The molecule has 0 radical (unpaired) electrons. The Hall–Kier alpha value is -2.42. The van der Waals surface area contributed by atoms with Gasteiger partial charge in [0.25, 0.3) is 5.91 Å². The van der Waals surface area contributed by atoms with E-state index in [4.69, 9.17) is 0 Å². The lowest BCUT2D eigenvalue weighted by Crippen LogP contribution is -2.34. The third-order valence-corrected chi connectivity index (χ3v) is 3.51. The molecule has 0 spiro atoms. The first-order valence-electron chi connectivity index (χ1n) is 6.18. The molecule has 0 aliphatic rings. The second-order valence-electron chi connectivity index (χ2n) is 4.11. The van der Waals surface area contributed by atoms with Crippen molar-refractivity contribution < 1.29 is 32.3 Å². The van der Waals surface area contributed by atoms with Gasteiger partial charge in [-0.2, -0.15) is 0 Å². The first kappa shape index (κ1) is 17.6. The number of imide groups is 1. The molecule has 0 bridgehead atoms. The Bertz CT molecular complexity index is 681. The van der Waals surface area contributed by atoms with E-state index >= 15 is 0 Å². The monoisotopic (exact) mass is 329 g/mol. The molecule has 0 aliphatic heterocycles. The van der Waals surface area contributed by atoms with Gasteiger partial charge in [-0.3, -0.25) is 10.1 Å². The number of esters is 1. The van der Waals surface area contributed by atoms with Crippen molar-refractivity contribution in [2.24, 2.45) is 0 Å². The predicted molar refractivity (Wildman–Crippen MR) is 75.0 cm³/mol. The average molecular weight is 329 g/mol. The number of rotatable bonds is 5. The van der Waals surface area contributed by atoms with Crippen molar-refractivity contribution in [1.29, 1.82) is 0 Å². The van der Waals surface area contributed by atoms with E-state index in [1.165, 1.54) is 24.3 Å². The van der Waals surface area contributed by atoms with Crippen molar-refractivity contribution in [2.75, 3.05) is 19.5 Å². The number of sulfone groups is 1. The Morgan fingerprint density at radius 3 is 2.36 bits per heavy atom. The molecule has 0 saturated carbocycles. The van der Waals surface area contributed by atoms with E-state index in [1.54, 1.807) is 6.92 Å². The summed E-state index contributed by atoms with van der Waals surface area (Å²) >= 11 is 0. The van der Waals surface area contributed by atoms with Gasteiger partial charge >= 0.3 is 12.1 Å². The summed E-state index contributed by atoms with van der Waals surface area (Å²) in [6.07, 6.45) is -0.00729. The van der Waals surface area contributed by atoms with E-state index in [0.29, 0.717) is 0 Å². The summed E-state index contributed by atoms with van der Waals surface area (Å²) in [5, 5.41) is 1.84. The zero-order valence-electron chi connectivity index (χ0n) is 12.0. The van der Waals surface area contributed by atoms with Crippen LogP contribution in [0, 0.1) is 0 Å². The van der Waals surface area contributed by atoms with Gasteiger partial charge in [0.1, 0.15) is 0 Å². The van der Waals surface area contributed by atoms with Gasteiger partial charge in [0.2, 0.25) is 0 Å². The summed E-state index contributed by atoms with van der Waals surface area (Å²) in [6.45, 7) is 0.905. The molecule has 22 heavy (non-hydrogen) atoms. The van der Waals surface area contributed by atoms with Crippen LogP contribution in [0.2, 0.25) is 0 Å². The van der Waals surface area contributed by atoms with Gasteiger partial charge in [-0.1, -0.05) is 12.1 Å². The fourth-order valence-electron chi connectivity index (χ4n) is 1.48. The maximum absolute atomic E-state index is 11.8. The normalized spacial score (nSPS) is 10.6. The Balaban J connectivity index is 2.71. The van der Waals surface area contributed by atoms with E-state index in [2.05, 4.69) is 9.47 Å². The minimum absolute atomic E-state index is 0.0840. The number of amides is 2. The maximum Gasteiger partial charge on any atom is 0.413 e. The molecule has 0 saturated heterocycles. The first-order chi connectivity index (χ1) is 10.3. The van der Waals surface area contributed by atoms with Crippen molar-refractivity contribution in [1.82, 2.24) is 5.32 Å². The molecule has 0 aromatic heterocycles. The minimum atomic E-state index is -3.62. The molecule has 120 valence electrons. The summed E-state index contributed by atoms with van der Waals surface area (Å²) in [5.74, 6) is -1.87. The van der Waals surface area contributed by atoms with Crippen LogP contribution in [-0.4, -0.2) is 45.9 Å². The summed E-state index contributed by atoms with van der Waals surface area (Å²) in [5.41, 5.74) is -0.186. The zero-order chi connectivity index (χ0) is 16.8. The van der Waals surface area contributed by atoms with Crippen molar-refractivity contribution in [3.63, 3.8) is 0 Å². The molecule has 0 fully saturated rings. The summed E-state index contributed by atoms with van der Waals surface area (Å²) in [7, 11) is -3.62. The number of nitrogens with one attached hydrogen (secondary N) is 1. The predicted octanol–water partition coefficient (Wildman–Crippen LogP) is 0.520. The Morgan fingerprint density at radius 2 is 1.77 bits per heavy atom. The highest BCUT2D eigenvalue weighted by Crippen LogP contribution is 2.16. The maximum atomic E-state index is 11.8. The highest BCUT2D eigenvalue weighted by molar-refractivity contribution is 7.90. The smallest absolute Gasteiger partial charge is 0.413 e. The molecule has 0 aliphatic carbocycles. The number of ether oxygens (including phenoxy) is 2. The number of carbonyl (C=O) groups excluding carboxylic acids is 3. The molecule has 0 atom stereocenters. The fraction of sp³-hybridized carbons (Fsp3) is 0.308. The van der Waals surface area contributed by atoms with Crippen LogP contribution in [0.15, 0.2) is 29.2 Å². The molecule has 9 heteroatoms. The quantitative estimate of drug-likeness (QED) is 0.783. The van der Waals surface area contributed by atoms with Gasteiger partial charge in [0.05, 0.1) is 17.1 Å². The molecule has 0 unspecified atom stereocenters. The second-order valence-corrected chi connectivity index (χ2v) is 6.10. The zero-order valence-corrected chi connectivity index (χ0v) is 12.8. The number of hydrogen-bond donors (Lipinski definition) is 1. The third-order valence-electron chi connectivity index (χ3n) is 2.36. The van der Waals surface area contributed by atoms with Crippen LogP contribution in [0.4, 0.5) is 4.79 Å². The van der Waals surface area contributed by atoms with Gasteiger partial charge in [-0.05, 0) is 19.1 Å². The fourth-order valence-corrected chi connectivity index (χ4v) is 2.36. The van der Waals surface area contributed by atoms with Crippen molar-refractivity contribution in [2.45, 2.75) is 11.8 Å². The Kier molecular flexibility index (Phi) is 6.05. The lowest BCUT2D eigenvalue weighted by atomic mass is 10.2. The van der Waals surface area contributed by atoms with Gasteiger partial charge < -0.3 is 9.47 Å². The van der Waals surface area contributed by atoms with Gasteiger partial charge in [0, 0.05) is 6.26 Å². The molecule has 0 heterocycles. The lowest BCUT2D eigenvalue weighted by molar-refractivity contribution is -0.123. The van der Waals surface area contributed by atoms with Crippen LogP contribution in [0.5, 0.6) is 0 Å². The summed E-state index contributed by atoms with van der Waals surface area (Å²) < 4.78 is 32.3. The van der Waals surface area contributed by atoms with Crippen LogP contribution >= 0.6 is 0 Å². The Labute approximate surface area is 127 Å². The number of benzene rings is 1. The van der Waals surface area contributed by atoms with Crippen LogP contribution in [-0.2, 0) is 24.1 Å². The van der Waals surface area contributed by atoms with E-state index < -0.39 is 34.4 Å². The molecular weight excluding hydrogens is 314 g/mol. The highest BCUT2D eigenvalue weighted by Gasteiger charge is 2.20. The van der Waals surface area contributed by atoms with Crippen LogP contribution in [0.25, 0.3) is 0 Å². The second kappa shape index (κ2) is 7.55. The van der Waals surface area contributed by atoms with Crippen molar-refractivity contribution >= 4 is 27.8 Å². The molecule has 1 N–H and O–H groups in total. The number of hydrogen-bond acceptors (Lipinski definition) is 7. The van der Waals surface area contributed by atoms with Crippen LogP contribution in [0.3, 0.4) is 0 Å². The summed E-state index contributed by atoms with van der Waals surface area (Å²) in [6, 6.07) is 5.44. The Morgan fingerprint density at radius 1 is 1.14 bits per heavy atom. The molecular formula is C13H15NO7S. The SMILES string of the molecule is CCOC(=O)NC(=O)COC(=O)c1ccccc1S(C)(=O)=O. The molecule has 1 aromatic carbocycles. The topological polar surface area (TPSA) is 116 Å². The van der Waals surface area contributed by atoms with Gasteiger partial charge in [-0.15, -0.1) is 0 Å². The minimum Gasteiger partial charge on any atom is -0.452 e. The number of carbonyl (C=O) groups is 3. The number of alkyl carbamates (subject to hydrolysis) is 1. The standard InChI is InChI=1S/C13H15NO7S/c1-3-20-13(17)14-11(15)8-21-12(16)9-6-4-5-7-10(9)22(2,18)19/h4-7H,3,8H2,1-2H3,(H,14,15,17). The first-order valence-corrected chi connectivity index (χ1v) is 8.07. The van der Waals surface area contributed by atoms with Crippen LogP contribution < -0.4 is 5.32 Å². The van der Waals surface area contributed by atoms with Crippen molar-refractivity contribution in [3.05, 3.63) is 29.8 Å². The van der Waals surface area contributed by atoms with E-state index in [-0.39, 0.29) is 17.1 Å². The van der Waals surface area contributed by atoms with Gasteiger partial charge in [0.15, 0.2) is 16.4 Å². The molecule has 1 rings (SSSR count). The third kappa shape index (κ3) is 5.17. The molecule has 2 amide bonds. The molecule has 8 nitrogen and oxygen atoms in total.